The van der Waals surface area contributed by atoms with Crippen LogP contribution < -0.4 is 21.7 Å². The number of amides is 3. The van der Waals surface area contributed by atoms with Gasteiger partial charge in [0, 0.05) is 41.8 Å². The highest BCUT2D eigenvalue weighted by Crippen LogP contribution is 2.19. The number of aliphatic carboxylic acids is 1. The summed E-state index contributed by atoms with van der Waals surface area (Å²) < 4.78 is 0. The number of fused-ring (bicyclic) bond motifs is 1. The number of benzene rings is 1. The minimum Gasteiger partial charge on any atom is -0.480 e. The van der Waals surface area contributed by atoms with E-state index in [1.165, 1.54) is 6.33 Å². The molecule has 0 aliphatic carbocycles. The number of hydrogen-bond donors (Lipinski definition) is 7. The van der Waals surface area contributed by atoms with Gasteiger partial charge < -0.3 is 36.8 Å². The molecule has 3 aromatic rings. The molecule has 0 radical (unpaired) electrons. The van der Waals surface area contributed by atoms with Crippen LogP contribution in [0.1, 0.15) is 11.3 Å². The lowest BCUT2D eigenvalue weighted by molar-refractivity contribution is -0.141. The molecule has 12 nitrogen and oxygen atoms in total. The highest BCUT2D eigenvalue weighted by Gasteiger charge is 2.22. The summed E-state index contributed by atoms with van der Waals surface area (Å²) in [5, 5.41) is 17.5. The number of carbonyl (C=O) groups excluding carboxylic acids is 3. The van der Waals surface area contributed by atoms with E-state index in [-0.39, 0.29) is 19.4 Å². The van der Waals surface area contributed by atoms with Gasteiger partial charge in [-0.2, -0.15) is 0 Å². The molecule has 2 unspecified atom stereocenters. The van der Waals surface area contributed by atoms with Gasteiger partial charge in [-0.15, -0.1) is 0 Å². The summed E-state index contributed by atoms with van der Waals surface area (Å²) in [4.78, 5) is 57.4. The van der Waals surface area contributed by atoms with Crippen molar-refractivity contribution >= 4 is 34.6 Å². The number of carbonyl (C=O) groups is 4. The van der Waals surface area contributed by atoms with Crippen LogP contribution in [0.3, 0.4) is 0 Å². The predicted molar refractivity (Wildman–Crippen MR) is 118 cm³/mol. The number of hydrogen-bond acceptors (Lipinski definition) is 6. The van der Waals surface area contributed by atoms with E-state index in [9.17, 15) is 24.3 Å². The van der Waals surface area contributed by atoms with E-state index in [0.29, 0.717) is 5.69 Å². The van der Waals surface area contributed by atoms with Gasteiger partial charge in [0.15, 0.2) is 0 Å². The standard InChI is InChI=1S/C21H25N7O5/c22-15(6-13-8-23-11-27-13)20(31)26-9-18(29)25-10-19(30)28-17(21(32)33)5-12-7-24-16-4-2-1-3-14(12)16/h1-4,7-8,11,15,17,24H,5-6,9-10,22H2,(H,23,27)(H,25,29)(H,26,31)(H,28,30)(H,32,33). The first-order valence-corrected chi connectivity index (χ1v) is 10.2. The van der Waals surface area contributed by atoms with Gasteiger partial charge in [0.2, 0.25) is 17.7 Å². The third-order valence-electron chi connectivity index (χ3n) is 4.93. The zero-order chi connectivity index (χ0) is 23.8. The van der Waals surface area contributed by atoms with E-state index < -0.39 is 42.3 Å². The Kier molecular flexibility index (Phi) is 7.76. The summed E-state index contributed by atoms with van der Waals surface area (Å²) >= 11 is 0. The summed E-state index contributed by atoms with van der Waals surface area (Å²) in [5.41, 5.74) is 8.07. The minimum absolute atomic E-state index is 0.0727. The molecule has 12 heteroatoms. The number of nitrogens with one attached hydrogen (secondary N) is 5. The maximum absolute atomic E-state index is 12.2. The van der Waals surface area contributed by atoms with E-state index in [0.717, 1.165) is 16.5 Å². The van der Waals surface area contributed by atoms with E-state index in [1.807, 2.05) is 24.3 Å². The molecule has 2 aromatic heterocycles. The maximum Gasteiger partial charge on any atom is 0.326 e. The van der Waals surface area contributed by atoms with Gasteiger partial charge >= 0.3 is 5.97 Å². The van der Waals surface area contributed by atoms with E-state index in [1.54, 1.807) is 12.4 Å². The second-order valence-electron chi connectivity index (χ2n) is 7.40. The molecule has 8 N–H and O–H groups in total. The summed E-state index contributed by atoms with van der Waals surface area (Å²) in [5.74, 6) is -3.01. The van der Waals surface area contributed by atoms with Crippen LogP contribution in [0.5, 0.6) is 0 Å². The van der Waals surface area contributed by atoms with Crippen molar-refractivity contribution in [2.45, 2.75) is 24.9 Å². The van der Waals surface area contributed by atoms with Gasteiger partial charge in [0.1, 0.15) is 6.04 Å². The van der Waals surface area contributed by atoms with E-state index >= 15 is 0 Å². The molecule has 1 aromatic carbocycles. The molecule has 0 saturated heterocycles. The van der Waals surface area contributed by atoms with Crippen molar-refractivity contribution in [1.29, 1.82) is 0 Å². The highest BCUT2D eigenvalue weighted by molar-refractivity contribution is 5.91. The Balaban J connectivity index is 1.42. The van der Waals surface area contributed by atoms with Gasteiger partial charge in [-0.1, -0.05) is 18.2 Å². The molecule has 0 fully saturated rings. The zero-order valence-corrected chi connectivity index (χ0v) is 17.6. The quantitative estimate of drug-likeness (QED) is 0.189. The molecule has 2 atom stereocenters. The van der Waals surface area contributed by atoms with Crippen LogP contribution in [0.4, 0.5) is 0 Å². The first-order chi connectivity index (χ1) is 15.8. The normalized spacial score (nSPS) is 12.6. The molecule has 2 heterocycles. The smallest absolute Gasteiger partial charge is 0.326 e. The van der Waals surface area contributed by atoms with Crippen LogP contribution in [0.25, 0.3) is 10.9 Å². The van der Waals surface area contributed by atoms with Crippen molar-refractivity contribution in [1.82, 2.24) is 30.9 Å². The van der Waals surface area contributed by atoms with E-state index in [4.69, 9.17) is 5.73 Å². The number of nitrogens with zero attached hydrogens (tertiary/aromatic N) is 1. The molecule has 33 heavy (non-hydrogen) atoms. The highest BCUT2D eigenvalue weighted by atomic mass is 16.4. The zero-order valence-electron chi connectivity index (χ0n) is 17.6. The Labute approximate surface area is 188 Å². The van der Waals surface area contributed by atoms with Crippen LogP contribution in [-0.2, 0) is 32.0 Å². The first-order valence-electron chi connectivity index (χ1n) is 10.2. The van der Waals surface area contributed by atoms with Crippen LogP contribution in [0.2, 0.25) is 0 Å². The van der Waals surface area contributed by atoms with Crippen molar-refractivity contribution in [3.63, 3.8) is 0 Å². The number of rotatable bonds is 11. The van der Waals surface area contributed by atoms with Crippen molar-refractivity contribution in [3.05, 3.63) is 54.2 Å². The van der Waals surface area contributed by atoms with Crippen LogP contribution >= 0.6 is 0 Å². The number of carboxylic acids is 1. The molecule has 0 spiro atoms. The first kappa shape index (κ1) is 23.5. The predicted octanol–water partition coefficient (Wildman–Crippen LogP) is -1.19. The molecule has 3 amide bonds. The average Bonchev–Trinajstić information content (AvgIpc) is 3.45. The Bertz CT molecular complexity index is 1130. The Morgan fingerprint density at radius 2 is 1.79 bits per heavy atom. The number of carboxylic acid groups (broad SMARTS) is 1. The largest absolute Gasteiger partial charge is 0.480 e. The maximum atomic E-state index is 12.2. The number of aromatic nitrogens is 3. The van der Waals surface area contributed by atoms with Gasteiger partial charge in [0.25, 0.3) is 0 Å². The van der Waals surface area contributed by atoms with Crippen LogP contribution in [-0.4, -0.2) is 68.9 Å². The van der Waals surface area contributed by atoms with Gasteiger partial charge in [-0.3, -0.25) is 14.4 Å². The lowest BCUT2D eigenvalue weighted by atomic mass is 10.1. The Morgan fingerprint density at radius 3 is 2.52 bits per heavy atom. The number of aromatic amines is 2. The fourth-order valence-electron chi connectivity index (χ4n) is 3.23. The van der Waals surface area contributed by atoms with Crippen molar-refractivity contribution in [2.75, 3.05) is 13.1 Å². The molecule has 0 aliphatic rings. The summed E-state index contributed by atoms with van der Waals surface area (Å²) in [6.45, 7) is -0.812. The third-order valence-corrected chi connectivity index (χ3v) is 4.93. The van der Waals surface area contributed by atoms with Crippen molar-refractivity contribution in [3.8, 4) is 0 Å². The van der Waals surface area contributed by atoms with Crippen LogP contribution in [0, 0.1) is 0 Å². The van der Waals surface area contributed by atoms with E-state index in [2.05, 4.69) is 30.9 Å². The molecular weight excluding hydrogens is 430 g/mol. The molecule has 0 aliphatic heterocycles. The van der Waals surface area contributed by atoms with Crippen LogP contribution in [0.15, 0.2) is 43.0 Å². The summed E-state index contributed by atoms with van der Waals surface area (Å²) in [6, 6.07) is 5.38. The molecule has 0 bridgehead atoms. The molecule has 3 rings (SSSR count). The summed E-state index contributed by atoms with van der Waals surface area (Å²) in [6.07, 6.45) is 5.01. The topological polar surface area (TPSA) is 195 Å². The Hall–Kier alpha value is -4.19. The molecule has 0 saturated carbocycles. The van der Waals surface area contributed by atoms with Gasteiger partial charge in [0.05, 0.1) is 25.5 Å². The molecular formula is C21H25N7O5. The fraction of sp³-hybridized carbons (Fsp3) is 0.286. The monoisotopic (exact) mass is 455 g/mol. The average molecular weight is 455 g/mol. The SMILES string of the molecule is NC(Cc1cnc[nH]1)C(=O)NCC(=O)NCC(=O)NC(Cc1c[nH]c2ccccc12)C(=O)O. The second kappa shape index (κ2) is 10.9. The number of nitrogens with two attached hydrogens (primary N) is 1. The number of para-hydroxylation sites is 1. The Morgan fingerprint density at radius 1 is 1.03 bits per heavy atom. The van der Waals surface area contributed by atoms with Gasteiger partial charge in [-0.05, 0) is 11.6 Å². The second-order valence-corrected chi connectivity index (χ2v) is 7.40. The van der Waals surface area contributed by atoms with Crippen molar-refractivity contribution < 1.29 is 24.3 Å². The third kappa shape index (κ3) is 6.64. The fourth-order valence-corrected chi connectivity index (χ4v) is 3.23. The number of H-pyrrole nitrogens is 2. The van der Waals surface area contributed by atoms with Crippen molar-refractivity contribution in [2.24, 2.45) is 5.73 Å². The lowest BCUT2D eigenvalue weighted by Crippen LogP contribution is -2.49. The van der Waals surface area contributed by atoms with Gasteiger partial charge in [-0.25, -0.2) is 9.78 Å². The minimum atomic E-state index is -1.20. The molecule has 174 valence electrons. The lowest BCUT2D eigenvalue weighted by Gasteiger charge is -2.15. The summed E-state index contributed by atoms with van der Waals surface area (Å²) in [7, 11) is 0. The number of imidazole rings is 1.